The monoisotopic (exact) mass is 411 g/mol. The Morgan fingerprint density at radius 3 is 2.34 bits per heavy atom. The third-order valence-electron chi connectivity index (χ3n) is 4.77. The number of carbonyl (C=O) groups excluding carboxylic acids is 1. The molecule has 0 saturated heterocycles. The normalized spacial score (nSPS) is 11.9. The highest BCUT2D eigenvalue weighted by molar-refractivity contribution is 6.30. The van der Waals surface area contributed by atoms with Crippen molar-refractivity contribution in [2.24, 2.45) is 0 Å². The summed E-state index contributed by atoms with van der Waals surface area (Å²) in [6.07, 6.45) is 4.64. The Bertz CT molecular complexity index is 894. The molecule has 0 aliphatic heterocycles. The molecule has 1 unspecified atom stereocenters. The van der Waals surface area contributed by atoms with Crippen LogP contribution in [0.3, 0.4) is 0 Å². The lowest BCUT2D eigenvalue weighted by molar-refractivity contribution is -0.121. The molecule has 1 N–H and O–H groups in total. The number of hydrogen-bond acceptors (Lipinski definition) is 4. The first-order valence-corrected chi connectivity index (χ1v) is 10.4. The summed E-state index contributed by atoms with van der Waals surface area (Å²) in [7, 11) is 0. The van der Waals surface area contributed by atoms with E-state index in [0.717, 1.165) is 31.2 Å². The van der Waals surface area contributed by atoms with E-state index in [0.29, 0.717) is 29.6 Å². The van der Waals surface area contributed by atoms with Gasteiger partial charge in [-0.15, -0.1) is 10.2 Å². The van der Waals surface area contributed by atoms with Crippen molar-refractivity contribution in [3.8, 4) is 0 Å². The van der Waals surface area contributed by atoms with Gasteiger partial charge in [-0.3, -0.25) is 4.79 Å². The SMILES string of the molecule is CC(NC(=O)CCc1nnc(CCCCc2ccccc2)o1)c1ccc(Cl)cc1. The van der Waals surface area contributed by atoms with Gasteiger partial charge >= 0.3 is 0 Å². The summed E-state index contributed by atoms with van der Waals surface area (Å²) in [5, 5.41) is 11.8. The van der Waals surface area contributed by atoms with E-state index >= 15 is 0 Å². The van der Waals surface area contributed by atoms with Gasteiger partial charge in [-0.05, 0) is 49.4 Å². The summed E-state index contributed by atoms with van der Waals surface area (Å²) in [6.45, 7) is 1.95. The first kappa shape index (κ1) is 21.1. The van der Waals surface area contributed by atoms with Crippen LogP contribution in [0.25, 0.3) is 0 Å². The summed E-state index contributed by atoms with van der Waals surface area (Å²) >= 11 is 5.90. The second-order valence-corrected chi connectivity index (χ2v) is 7.56. The topological polar surface area (TPSA) is 68.0 Å². The number of hydrogen-bond donors (Lipinski definition) is 1. The molecule has 152 valence electrons. The minimum absolute atomic E-state index is 0.0462. The van der Waals surface area contributed by atoms with Crippen molar-refractivity contribution < 1.29 is 9.21 Å². The predicted octanol–water partition coefficient (Wildman–Crippen LogP) is 5.10. The van der Waals surface area contributed by atoms with Gasteiger partial charge in [0.1, 0.15) is 0 Å². The van der Waals surface area contributed by atoms with Crippen molar-refractivity contribution in [3.63, 3.8) is 0 Å². The van der Waals surface area contributed by atoms with Crippen LogP contribution in [0, 0.1) is 0 Å². The van der Waals surface area contributed by atoms with Crippen molar-refractivity contribution in [2.75, 3.05) is 0 Å². The number of aromatic nitrogens is 2. The second kappa shape index (κ2) is 10.8. The third kappa shape index (κ3) is 7.02. The maximum absolute atomic E-state index is 12.2. The van der Waals surface area contributed by atoms with E-state index in [-0.39, 0.29) is 11.9 Å². The maximum Gasteiger partial charge on any atom is 0.220 e. The van der Waals surface area contributed by atoms with Crippen molar-refractivity contribution in [1.29, 1.82) is 0 Å². The largest absolute Gasteiger partial charge is 0.425 e. The fourth-order valence-corrected chi connectivity index (χ4v) is 3.24. The molecule has 6 heteroatoms. The summed E-state index contributed by atoms with van der Waals surface area (Å²) in [5.41, 5.74) is 2.36. The van der Waals surface area contributed by atoms with Crippen molar-refractivity contribution in [2.45, 2.75) is 51.5 Å². The van der Waals surface area contributed by atoms with E-state index in [9.17, 15) is 4.79 Å². The average molecular weight is 412 g/mol. The Hall–Kier alpha value is -2.66. The Balaban J connectivity index is 1.36. The zero-order valence-corrected chi connectivity index (χ0v) is 17.4. The van der Waals surface area contributed by atoms with E-state index < -0.39 is 0 Å². The van der Waals surface area contributed by atoms with E-state index in [1.54, 1.807) is 0 Å². The molecule has 3 rings (SSSR count). The minimum Gasteiger partial charge on any atom is -0.425 e. The number of nitrogens with one attached hydrogen (secondary N) is 1. The van der Waals surface area contributed by atoms with Crippen LogP contribution < -0.4 is 5.32 Å². The van der Waals surface area contributed by atoms with Gasteiger partial charge in [0.2, 0.25) is 17.7 Å². The molecule has 1 heterocycles. The molecule has 0 bridgehead atoms. The molecule has 0 spiro atoms. The Labute approximate surface area is 176 Å². The highest BCUT2D eigenvalue weighted by Gasteiger charge is 2.12. The van der Waals surface area contributed by atoms with Crippen LogP contribution >= 0.6 is 11.6 Å². The molecule has 0 aliphatic rings. The number of aryl methyl sites for hydroxylation is 3. The van der Waals surface area contributed by atoms with Gasteiger partial charge in [0.15, 0.2) is 0 Å². The smallest absolute Gasteiger partial charge is 0.220 e. The van der Waals surface area contributed by atoms with E-state index in [2.05, 4.69) is 39.8 Å². The van der Waals surface area contributed by atoms with Crippen molar-refractivity contribution >= 4 is 17.5 Å². The molecule has 2 aromatic carbocycles. The average Bonchev–Trinajstić information content (AvgIpc) is 3.19. The summed E-state index contributed by atoms with van der Waals surface area (Å²) in [4.78, 5) is 12.2. The molecule has 1 atom stereocenters. The zero-order chi connectivity index (χ0) is 20.5. The number of nitrogens with zero attached hydrogens (tertiary/aromatic N) is 2. The van der Waals surface area contributed by atoms with Gasteiger partial charge in [0.05, 0.1) is 6.04 Å². The molecule has 0 fully saturated rings. The van der Waals surface area contributed by atoms with E-state index in [1.165, 1.54) is 5.56 Å². The van der Waals surface area contributed by atoms with Gasteiger partial charge in [0.25, 0.3) is 0 Å². The van der Waals surface area contributed by atoms with Crippen LogP contribution in [0.1, 0.15) is 55.1 Å². The zero-order valence-electron chi connectivity index (χ0n) is 16.6. The Morgan fingerprint density at radius 1 is 0.966 bits per heavy atom. The molecular weight excluding hydrogens is 386 g/mol. The number of benzene rings is 2. The molecule has 1 aromatic heterocycles. The lowest BCUT2D eigenvalue weighted by Gasteiger charge is -2.14. The Kier molecular flexibility index (Phi) is 7.82. The van der Waals surface area contributed by atoms with Crippen LogP contribution in [0.4, 0.5) is 0 Å². The summed E-state index contributed by atoms with van der Waals surface area (Å²) in [6, 6.07) is 17.8. The predicted molar refractivity (Wildman–Crippen MR) is 114 cm³/mol. The third-order valence-corrected chi connectivity index (χ3v) is 5.02. The quantitative estimate of drug-likeness (QED) is 0.471. The number of halogens is 1. The minimum atomic E-state index is -0.0809. The summed E-state index contributed by atoms with van der Waals surface area (Å²) in [5.74, 6) is 1.11. The molecule has 3 aromatic rings. The number of carbonyl (C=O) groups is 1. The number of amides is 1. The van der Waals surface area contributed by atoms with Crippen LogP contribution in [0.5, 0.6) is 0 Å². The first-order valence-electron chi connectivity index (χ1n) is 10.00. The van der Waals surface area contributed by atoms with Gasteiger partial charge < -0.3 is 9.73 Å². The highest BCUT2D eigenvalue weighted by Crippen LogP contribution is 2.16. The van der Waals surface area contributed by atoms with Gasteiger partial charge in [-0.25, -0.2) is 0 Å². The molecule has 5 nitrogen and oxygen atoms in total. The maximum atomic E-state index is 12.2. The fraction of sp³-hybridized carbons (Fsp3) is 0.348. The van der Waals surface area contributed by atoms with E-state index in [1.807, 2.05) is 37.3 Å². The molecule has 29 heavy (non-hydrogen) atoms. The van der Waals surface area contributed by atoms with E-state index in [4.69, 9.17) is 16.0 Å². The van der Waals surface area contributed by atoms with Crippen LogP contribution in [-0.4, -0.2) is 16.1 Å². The van der Waals surface area contributed by atoms with Crippen LogP contribution in [0.15, 0.2) is 59.0 Å². The molecule has 0 aliphatic carbocycles. The molecular formula is C23H26ClN3O2. The van der Waals surface area contributed by atoms with Crippen molar-refractivity contribution in [3.05, 3.63) is 82.5 Å². The molecule has 1 amide bonds. The highest BCUT2D eigenvalue weighted by atomic mass is 35.5. The Morgan fingerprint density at radius 2 is 1.62 bits per heavy atom. The first-order chi connectivity index (χ1) is 14.1. The van der Waals surface area contributed by atoms with Gasteiger partial charge in [-0.2, -0.15) is 0 Å². The lowest BCUT2D eigenvalue weighted by Crippen LogP contribution is -2.26. The van der Waals surface area contributed by atoms with Crippen LogP contribution in [-0.2, 0) is 24.1 Å². The van der Waals surface area contributed by atoms with Crippen molar-refractivity contribution in [1.82, 2.24) is 15.5 Å². The number of unbranched alkanes of at least 4 members (excludes halogenated alkanes) is 1. The van der Waals surface area contributed by atoms with Gasteiger partial charge in [-0.1, -0.05) is 54.1 Å². The molecule has 0 radical (unpaired) electrons. The second-order valence-electron chi connectivity index (χ2n) is 7.12. The molecule has 0 saturated carbocycles. The summed E-state index contributed by atoms with van der Waals surface area (Å²) < 4.78 is 5.67. The van der Waals surface area contributed by atoms with Gasteiger partial charge in [0, 0.05) is 24.3 Å². The number of rotatable bonds is 10. The standard InChI is InChI=1S/C23H26ClN3O2/c1-17(19-11-13-20(24)14-12-19)25-21(28)15-16-23-27-26-22(29-23)10-6-5-9-18-7-3-2-4-8-18/h2-4,7-8,11-14,17H,5-6,9-10,15-16H2,1H3,(H,25,28). The van der Waals surface area contributed by atoms with Crippen LogP contribution in [0.2, 0.25) is 5.02 Å². The lowest BCUT2D eigenvalue weighted by atomic mass is 10.1. The fourth-order valence-electron chi connectivity index (χ4n) is 3.11.